The summed E-state index contributed by atoms with van der Waals surface area (Å²) in [5.74, 6) is 0.323. The first-order valence-corrected chi connectivity index (χ1v) is 8.20. The Hall–Kier alpha value is -3.15. The summed E-state index contributed by atoms with van der Waals surface area (Å²) in [5, 5.41) is 2.70. The van der Waals surface area contributed by atoms with E-state index in [4.69, 9.17) is 9.15 Å². The van der Waals surface area contributed by atoms with Crippen LogP contribution in [0.25, 0.3) is 11.5 Å². The van der Waals surface area contributed by atoms with Gasteiger partial charge in [0, 0.05) is 18.5 Å². The molecule has 0 saturated carbocycles. The van der Waals surface area contributed by atoms with E-state index in [9.17, 15) is 9.18 Å². The van der Waals surface area contributed by atoms with Crippen molar-refractivity contribution in [1.82, 2.24) is 10.3 Å². The number of halogens is 1. The summed E-state index contributed by atoms with van der Waals surface area (Å²) in [5.41, 5.74) is 2.03. The van der Waals surface area contributed by atoms with E-state index in [0.717, 1.165) is 11.3 Å². The monoisotopic (exact) mass is 354 g/mol. The summed E-state index contributed by atoms with van der Waals surface area (Å²) in [7, 11) is 1.61. The molecule has 0 saturated heterocycles. The molecule has 5 nitrogen and oxygen atoms in total. The fourth-order valence-electron chi connectivity index (χ4n) is 2.51. The molecule has 6 heteroatoms. The first kappa shape index (κ1) is 17.7. The second-order valence-corrected chi connectivity index (χ2v) is 5.81. The number of benzene rings is 2. The fraction of sp³-hybridized carbons (Fsp3) is 0.200. The smallest absolute Gasteiger partial charge is 0.254 e. The molecule has 0 aliphatic carbocycles. The van der Waals surface area contributed by atoms with E-state index in [0.29, 0.717) is 30.1 Å². The number of nitrogens with one attached hydrogen (secondary N) is 1. The summed E-state index contributed by atoms with van der Waals surface area (Å²) >= 11 is 0. The molecule has 0 fully saturated rings. The average Bonchev–Trinajstić information content (AvgIpc) is 3.13. The van der Waals surface area contributed by atoms with Crippen molar-refractivity contribution in [3.05, 3.63) is 71.4 Å². The maximum Gasteiger partial charge on any atom is 0.254 e. The Bertz CT molecular complexity index is 904. The summed E-state index contributed by atoms with van der Waals surface area (Å²) < 4.78 is 24.5. The quantitative estimate of drug-likeness (QED) is 0.732. The van der Waals surface area contributed by atoms with Crippen LogP contribution in [0.15, 0.2) is 53.1 Å². The normalized spacial score (nSPS) is 10.6. The third-order valence-corrected chi connectivity index (χ3v) is 3.99. The maximum atomic E-state index is 14.0. The Morgan fingerprint density at radius 1 is 1.23 bits per heavy atom. The molecule has 0 aliphatic heterocycles. The van der Waals surface area contributed by atoms with Crippen molar-refractivity contribution in [2.45, 2.75) is 13.3 Å². The minimum absolute atomic E-state index is 0.0454. The van der Waals surface area contributed by atoms with Crippen molar-refractivity contribution >= 4 is 5.91 Å². The predicted octanol–water partition coefficient (Wildman–Crippen LogP) is 3.77. The molecule has 1 heterocycles. The van der Waals surface area contributed by atoms with Gasteiger partial charge in [0.05, 0.1) is 18.4 Å². The van der Waals surface area contributed by atoms with E-state index in [1.165, 1.54) is 6.07 Å². The van der Waals surface area contributed by atoms with Crippen LogP contribution >= 0.6 is 0 Å². The van der Waals surface area contributed by atoms with Gasteiger partial charge in [0.1, 0.15) is 17.8 Å². The topological polar surface area (TPSA) is 64.4 Å². The van der Waals surface area contributed by atoms with Crippen molar-refractivity contribution in [3.63, 3.8) is 0 Å². The number of hydrogen-bond acceptors (Lipinski definition) is 4. The molecule has 0 spiro atoms. The molecule has 1 aromatic heterocycles. The third-order valence-electron chi connectivity index (χ3n) is 3.99. The van der Waals surface area contributed by atoms with Crippen LogP contribution in [-0.4, -0.2) is 24.5 Å². The van der Waals surface area contributed by atoms with E-state index in [-0.39, 0.29) is 5.56 Å². The van der Waals surface area contributed by atoms with Gasteiger partial charge in [0.2, 0.25) is 5.89 Å². The zero-order chi connectivity index (χ0) is 18.5. The zero-order valence-electron chi connectivity index (χ0n) is 14.6. The molecule has 134 valence electrons. The number of carbonyl (C=O) groups is 1. The number of aryl methyl sites for hydroxylation is 1. The standard InChI is InChI=1S/C20H19FN2O3/c1-13-4-3-5-17(18(13)21)19(24)22-11-10-15-12-26-20(23-15)14-6-8-16(25-2)9-7-14/h3-9,12H,10-11H2,1-2H3,(H,22,24). The number of aromatic nitrogens is 1. The summed E-state index contributed by atoms with van der Waals surface area (Å²) in [4.78, 5) is 16.5. The highest BCUT2D eigenvalue weighted by Gasteiger charge is 2.13. The number of methoxy groups -OCH3 is 1. The predicted molar refractivity (Wildman–Crippen MR) is 95.7 cm³/mol. The van der Waals surface area contributed by atoms with Crippen molar-refractivity contribution in [2.24, 2.45) is 0 Å². The summed E-state index contributed by atoms with van der Waals surface area (Å²) in [6.07, 6.45) is 2.04. The lowest BCUT2D eigenvalue weighted by Crippen LogP contribution is -2.26. The highest BCUT2D eigenvalue weighted by molar-refractivity contribution is 5.94. The van der Waals surface area contributed by atoms with E-state index in [1.807, 2.05) is 24.3 Å². The van der Waals surface area contributed by atoms with E-state index >= 15 is 0 Å². The van der Waals surface area contributed by atoms with Gasteiger partial charge < -0.3 is 14.5 Å². The van der Waals surface area contributed by atoms with Gasteiger partial charge in [-0.05, 0) is 42.8 Å². The second kappa shape index (κ2) is 7.82. The van der Waals surface area contributed by atoms with Crippen molar-refractivity contribution in [2.75, 3.05) is 13.7 Å². The van der Waals surface area contributed by atoms with Crippen molar-refractivity contribution in [3.8, 4) is 17.2 Å². The largest absolute Gasteiger partial charge is 0.497 e. The van der Waals surface area contributed by atoms with Gasteiger partial charge in [-0.1, -0.05) is 12.1 Å². The third kappa shape index (κ3) is 3.91. The van der Waals surface area contributed by atoms with Crippen LogP contribution < -0.4 is 10.1 Å². The lowest BCUT2D eigenvalue weighted by molar-refractivity contribution is 0.0950. The number of carbonyl (C=O) groups excluding carboxylic acids is 1. The highest BCUT2D eigenvalue weighted by Crippen LogP contribution is 2.21. The SMILES string of the molecule is COc1ccc(-c2nc(CCNC(=O)c3cccc(C)c3F)co2)cc1. The molecular formula is C20H19FN2O3. The minimum atomic E-state index is -0.492. The van der Waals surface area contributed by atoms with Gasteiger partial charge in [-0.2, -0.15) is 0 Å². The molecule has 26 heavy (non-hydrogen) atoms. The van der Waals surface area contributed by atoms with E-state index < -0.39 is 11.7 Å². The molecule has 2 aromatic carbocycles. The van der Waals surface area contributed by atoms with Gasteiger partial charge in [0.25, 0.3) is 5.91 Å². The molecule has 0 bridgehead atoms. The Morgan fingerprint density at radius 2 is 2.00 bits per heavy atom. The van der Waals surface area contributed by atoms with Gasteiger partial charge in [0.15, 0.2) is 0 Å². The summed E-state index contributed by atoms with van der Waals surface area (Å²) in [6.45, 7) is 1.96. The van der Waals surface area contributed by atoms with Crippen LogP contribution in [0.4, 0.5) is 4.39 Å². The number of oxazole rings is 1. The zero-order valence-corrected chi connectivity index (χ0v) is 14.6. The van der Waals surface area contributed by atoms with Crippen LogP contribution in [0, 0.1) is 12.7 Å². The van der Waals surface area contributed by atoms with E-state index in [1.54, 1.807) is 32.4 Å². The van der Waals surface area contributed by atoms with Crippen LogP contribution in [-0.2, 0) is 6.42 Å². The molecular weight excluding hydrogens is 335 g/mol. The average molecular weight is 354 g/mol. The van der Waals surface area contributed by atoms with Gasteiger partial charge in [-0.3, -0.25) is 4.79 Å². The van der Waals surface area contributed by atoms with Gasteiger partial charge in [-0.25, -0.2) is 9.37 Å². The second-order valence-electron chi connectivity index (χ2n) is 5.81. The van der Waals surface area contributed by atoms with Crippen molar-refractivity contribution < 1.29 is 18.3 Å². The van der Waals surface area contributed by atoms with Crippen molar-refractivity contribution in [1.29, 1.82) is 0 Å². The Kier molecular flexibility index (Phi) is 5.31. The minimum Gasteiger partial charge on any atom is -0.497 e. The summed E-state index contributed by atoms with van der Waals surface area (Å²) in [6, 6.07) is 12.1. The Balaban J connectivity index is 1.58. The first-order valence-electron chi connectivity index (χ1n) is 8.20. The van der Waals surface area contributed by atoms with Gasteiger partial charge in [-0.15, -0.1) is 0 Å². The highest BCUT2D eigenvalue weighted by atomic mass is 19.1. The number of ether oxygens (including phenoxy) is 1. The van der Waals surface area contributed by atoms with Crippen LogP contribution in [0.2, 0.25) is 0 Å². The molecule has 1 N–H and O–H groups in total. The molecule has 0 aliphatic rings. The molecule has 0 unspecified atom stereocenters. The van der Waals surface area contributed by atoms with Crippen LogP contribution in [0.1, 0.15) is 21.6 Å². The molecule has 3 rings (SSSR count). The van der Waals surface area contributed by atoms with Gasteiger partial charge >= 0.3 is 0 Å². The maximum absolute atomic E-state index is 14.0. The molecule has 1 amide bonds. The lowest BCUT2D eigenvalue weighted by atomic mass is 10.1. The number of rotatable bonds is 6. The number of nitrogens with zero attached hydrogens (tertiary/aromatic N) is 1. The Labute approximate surface area is 150 Å². The molecule has 3 aromatic rings. The first-order chi connectivity index (χ1) is 12.6. The number of amides is 1. The molecule has 0 atom stereocenters. The Morgan fingerprint density at radius 3 is 2.73 bits per heavy atom. The lowest BCUT2D eigenvalue weighted by Gasteiger charge is -2.06. The molecule has 0 radical (unpaired) electrons. The van der Waals surface area contributed by atoms with Crippen LogP contribution in [0.3, 0.4) is 0 Å². The fourth-order valence-corrected chi connectivity index (χ4v) is 2.51. The number of hydrogen-bond donors (Lipinski definition) is 1. The van der Waals surface area contributed by atoms with E-state index in [2.05, 4.69) is 10.3 Å². The van der Waals surface area contributed by atoms with Crippen LogP contribution in [0.5, 0.6) is 5.75 Å².